The van der Waals surface area contributed by atoms with Crippen LogP contribution in [-0.4, -0.2) is 67.8 Å². The lowest BCUT2D eigenvalue weighted by molar-refractivity contribution is -0.908. The molecule has 2 heterocycles. The molecule has 0 bridgehead atoms. The van der Waals surface area contributed by atoms with Gasteiger partial charge in [0, 0.05) is 24.9 Å². The first-order valence-electron chi connectivity index (χ1n) is 11.0. The van der Waals surface area contributed by atoms with E-state index in [1.807, 2.05) is 6.92 Å². The fourth-order valence-electron chi connectivity index (χ4n) is 3.69. The number of carbonyl (C=O) groups excluding carboxylic acids is 2. The van der Waals surface area contributed by atoms with Crippen molar-refractivity contribution in [2.45, 2.75) is 52.9 Å². The molecule has 1 atom stereocenters. The van der Waals surface area contributed by atoms with Crippen molar-refractivity contribution in [3.05, 3.63) is 11.8 Å². The standard InChI is InChI=1S/C21H36N4O4/c1-4-6-8-18(5-2)21(27)25(10-7-9-24-11-13-28-14-12-24)16-20(26)22-19-15-17(3)29-23-19/h15,18H,4-14,16H2,1-3H3,(H,22,23,26)/p+1/t18-/m0/s1. The summed E-state index contributed by atoms with van der Waals surface area (Å²) in [5.41, 5.74) is 0. The fraction of sp³-hybridized carbons (Fsp3) is 0.762. The number of morpholine rings is 1. The van der Waals surface area contributed by atoms with Crippen molar-refractivity contribution in [3.8, 4) is 0 Å². The largest absolute Gasteiger partial charge is 0.370 e. The van der Waals surface area contributed by atoms with E-state index in [1.165, 1.54) is 4.90 Å². The van der Waals surface area contributed by atoms with Crippen LogP contribution < -0.4 is 10.2 Å². The number of nitrogens with zero attached hydrogens (tertiary/aromatic N) is 2. The summed E-state index contributed by atoms with van der Waals surface area (Å²) in [5, 5.41) is 6.53. The lowest BCUT2D eigenvalue weighted by Gasteiger charge is -2.28. The van der Waals surface area contributed by atoms with Gasteiger partial charge in [0.1, 0.15) is 18.8 Å². The van der Waals surface area contributed by atoms with Crippen LogP contribution in [0.2, 0.25) is 0 Å². The molecule has 0 aromatic carbocycles. The van der Waals surface area contributed by atoms with E-state index in [-0.39, 0.29) is 24.3 Å². The first-order valence-corrected chi connectivity index (χ1v) is 11.0. The maximum Gasteiger partial charge on any atom is 0.245 e. The van der Waals surface area contributed by atoms with E-state index in [0.29, 0.717) is 18.1 Å². The number of ether oxygens (including phenoxy) is 1. The lowest BCUT2D eigenvalue weighted by atomic mass is 9.97. The summed E-state index contributed by atoms with van der Waals surface area (Å²) in [6.45, 7) is 11.2. The highest BCUT2D eigenvalue weighted by molar-refractivity contribution is 5.94. The molecule has 0 radical (unpaired) electrons. The average molecular weight is 410 g/mol. The molecule has 1 saturated heterocycles. The predicted octanol–water partition coefficient (Wildman–Crippen LogP) is 1.27. The second-order valence-electron chi connectivity index (χ2n) is 7.84. The molecule has 1 aliphatic rings. The van der Waals surface area contributed by atoms with Crippen LogP contribution >= 0.6 is 0 Å². The molecule has 29 heavy (non-hydrogen) atoms. The molecule has 1 aromatic heterocycles. The van der Waals surface area contributed by atoms with E-state index < -0.39 is 0 Å². The van der Waals surface area contributed by atoms with E-state index in [2.05, 4.69) is 17.4 Å². The Hall–Kier alpha value is -1.93. The number of nitrogens with one attached hydrogen (secondary N) is 2. The predicted molar refractivity (Wildman–Crippen MR) is 111 cm³/mol. The highest BCUT2D eigenvalue weighted by atomic mass is 16.5. The molecule has 8 nitrogen and oxygen atoms in total. The zero-order chi connectivity index (χ0) is 21.1. The minimum atomic E-state index is -0.240. The number of rotatable bonds is 12. The normalized spacial score (nSPS) is 15.8. The van der Waals surface area contributed by atoms with E-state index in [0.717, 1.165) is 65.0 Å². The van der Waals surface area contributed by atoms with E-state index >= 15 is 0 Å². The number of aromatic nitrogens is 1. The molecule has 1 fully saturated rings. The van der Waals surface area contributed by atoms with Crippen LogP contribution in [0.4, 0.5) is 5.82 Å². The summed E-state index contributed by atoms with van der Waals surface area (Å²) in [4.78, 5) is 28.9. The summed E-state index contributed by atoms with van der Waals surface area (Å²) in [6, 6.07) is 1.67. The van der Waals surface area contributed by atoms with Gasteiger partial charge in [-0.25, -0.2) is 0 Å². The van der Waals surface area contributed by atoms with E-state index in [1.54, 1.807) is 17.9 Å². The molecule has 1 aromatic rings. The van der Waals surface area contributed by atoms with Gasteiger partial charge in [-0.1, -0.05) is 31.8 Å². The Morgan fingerprint density at radius 2 is 2.03 bits per heavy atom. The first-order chi connectivity index (χ1) is 14.0. The Kier molecular flexibility index (Phi) is 10.1. The second kappa shape index (κ2) is 12.6. The van der Waals surface area contributed by atoms with Crippen LogP contribution in [0.15, 0.2) is 10.6 Å². The average Bonchev–Trinajstić information content (AvgIpc) is 3.12. The molecule has 8 heteroatoms. The number of unbranched alkanes of at least 4 members (excludes halogenated alkanes) is 1. The Labute approximate surface area is 173 Å². The van der Waals surface area contributed by atoms with E-state index in [9.17, 15) is 9.59 Å². The van der Waals surface area contributed by atoms with Crippen LogP contribution in [0.5, 0.6) is 0 Å². The zero-order valence-corrected chi connectivity index (χ0v) is 18.2. The molecule has 0 saturated carbocycles. The van der Waals surface area contributed by atoms with Crippen molar-refractivity contribution in [1.29, 1.82) is 0 Å². The van der Waals surface area contributed by atoms with Crippen molar-refractivity contribution >= 4 is 17.6 Å². The second-order valence-corrected chi connectivity index (χ2v) is 7.84. The number of quaternary nitrogens is 1. The SMILES string of the molecule is CCCC[C@H](CC)C(=O)N(CCC[NH+]1CCOCC1)CC(=O)Nc1cc(C)on1. The minimum Gasteiger partial charge on any atom is -0.370 e. The summed E-state index contributed by atoms with van der Waals surface area (Å²) in [7, 11) is 0. The third-order valence-electron chi connectivity index (χ3n) is 5.45. The van der Waals surface area contributed by atoms with E-state index in [4.69, 9.17) is 9.26 Å². The first kappa shape index (κ1) is 23.3. The summed E-state index contributed by atoms with van der Waals surface area (Å²) < 4.78 is 10.4. The molecule has 0 spiro atoms. The topological polar surface area (TPSA) is 89.1 Å². The van der Waals surface area contributed by atoms with Crippen molar-refractivity contribution in [2.24, 2.45) is 5.92 Å². The van der Waals surface area contributed by atoms with Crippen molar-refractivity contribution in [2.75, 3.05) is 51.3 Å². The van der Waals surface area contributed by atoms with Gasteiger partial charge in [0.25, 0.3) is 0 Å². The summed E-state index contributed by atoms with van der Waals surface area (Å²) >= 11 is 0. The number of hydrogen-bond donors (Lipinski definition) is 2. The van der Waals surface area contributed by atoms with Crippen LogP contribution in [-0.2, 0) is 14.3 Å². The lowest BCUT2D eigenvalue weighted by Crippen LogP contribution is -3.14. The quantitative estimate of drug-likeness (QED) is 0.543. The van der Waals surface area contributed by atoms with Gasteiger partial charge in [-0.15, -0.1) is 0 Å². The van der Waals surface area contributed by atoms with Crippen LogP contribution in [0.3, 0.4) is 0 Å². The summed E-state index contributed by atoms with van der Waals surface area (Å²) in [6.07, 6.45) is 4.65. The van der Waals surface area contributed by atoms with Crippen molar-refractivity contribution in [3.63, 3.8) is 0 Å². The smallest absolute Gasteiger partial charge is 0.245 e. The van der Waals surface area contributed by atoms with Gasteiger partial charge in [0.05, 0.1) is 26.3 Å². The van der Waals surface area contributed by atoms with Crippen LogP contribution in [0, 0.1) is 12.8 Å². The van der Waals surface area contributed by atoms with Crippen LogP contribution in [0.25, 0.3) is 0 Å². The molecule has 2 amide bonds. The van der Waals surface area contributed by atoms with Crippen LogP contribution in [0.1, 0.15) is 51.7 Å². The van der Waals surface area contributed by atoms with Gasteiger partial charge in [0.15, 0.2) is 5.82 Å². The maximum atomic E-state index is 13.1. The Balaban J connectivity index is 1.94. The van der Waals surface area contributed by atoms with Gasteiger partial charge in [0.2, 0.25) is 11.8 Å². The Morgan fingerprint density at radius 1 is 1.28 bits per heavy atom. The van der Waals surface area contributed by atoms with Crippen molar-refractivity contribution in [1.82, 2.24) is 10.1 Å². The highest BCUT2D eigenvalue weighted by Gasteiger charge is 2.25. The molecule has 1 aliphatic heterocycles. The molecular weight excluding hydrogens is 372 g/mol. The number of hydrogen-bond acceptors (Lipinski definition) is 5. The molecule has 0 unspecified atom stereocenters. The molecule has 164 valence electrons. The third-order valence-corrected chi connectivity index (χ3v) is 5.45. The number of amides is 2. The molecule has 2 N–H and O–H groups in total. The number of aryl methyl sites for hydroxylation is 1. The van der Waals surface area contributed by atoms with Gasteiger partial charge in [-0.3, -0.25) is 9.59 Å². The van der Waals surface area contributed by atoms with Gasteiger partial charge >= 0.3 is 0 Å². The Morgan fingerprint density at radius 3 is 2.66 bits per heavy atom. The minimum absolute atomic E-state index is 0.0206. The fourth-order valence-corrected chi connectivity index (χ4v) is 3.69. The third kappa shape index (κ3) is 8.14. The van der Waals surface area contributed by atoms with Gasteiger partial charge in [-0.2, -0.15) is 0 Å². The molecule has 2 rings (SSSR count). The maximum absolute atomic E-state index is 13.1. The monoisotopic (exact) mass is 409 g/mol. The summed E-state index contributed by atoms with van der Waals surface area (Å²) in [5.74, 6) is 0.843. The Bertz CT molecular complexity index is 628. The number of anilines is 1. The number of carbonyl (C=O) groups is 2. The highest BCUT2D eigenvalue weighted by Crippen LogP contribution is 2.16. The van der Waals surface area contributed by atoms with Gasteiger partial charge in [-0.05, 0) is 19.8 Å². The van der Waals surface area contributed by atoms with Crippen molar-refractivity contribution < 1.29 is 23.7 Å². The van der Waals surface area contributed by atoms with Gasteiger partial charge < -0.3 is 24.4 Å². The molecular formula is C21H37N4O4+. The zero-order valence-electron chi connectivity index (χ0n) is 18.2. The molecule has 0 aliphatic carbocycles.